The first-order chi connectivity index (χ1) is 9.65. The van der Waals surface area contributed by atoms with Crippen molar-refractivity contribution in [2.75, 3.05) is 0 Å². The van der Waals surface area contributed by atoms with Crippen molar-refractivity contribution in [2.24, 2.45) is 5.92 Å². The van der Waals surface area contributed by atoms with Crippen LogP contribution in [0.15, 0.2) is 41.3 Å². The first-order valence-electron chi connectivity index (χ1n) is 6.51. The third-order valence-corrected chi connectivity index (χ3v) is 2.90. The fraction of sp³-hybridized carbons (Fsp3) is 0.357. The van der Waals surface area contributed by atoms with E-state index in [1.54, 1.807) is 41.7 Å². The van der Waals surface area contributed by atoms with Crippen LogP contribution in [0, 0.1) is 5.92 Å². The van der Waals surface area contributed by atoms with Gasteiger partial charge in [0, 0.05) is 6.08 Å². The summed E-state index contributed by atoms with van der Waals surface area (Å²) in [5.74, 6) is 0.768. The highest BCUT2D eigenvalue weighted by atomic mass is 16.3. The lowest BCUT2D eigenvalue weighted by atomic mass is 10.0. The van der Waals surface area contributed by atoms with Crippen molar-refractivity contribution < 1.29 is 9.21 Å². The number of furan rings is 1. The van der Waals surface area contributed by atoms with Crippen molar-refractivity contribution in [3.05, 3.63) is 42.6 Å². The van der Waals surface area contributed by atoms with Gasteiger partial charge in [-0.25, -0.2) is 0 Å². The van der Waals surface area contributed by atoms with Crippen LogP contribution in [-0.2, 0) is 11.3 Å². The maximum Gasteiger partial charge on any atom is 0.244 e. The summed E-state index contributed by atoms with van der Waals surface area (Å²) in [6.45, 7) is 4.64. The molecule has 0 unspecified atom stereocenters. The molecule has 0 spiro atoms. The molecule has 0 aliphatic carbocycles. The molecule has 1 amide bonds. The summed E-state index contributed by atoms with van der Waals surface area (Å²) in [6.07, 6.45) is 7.91. The van der Waals surface area contributed by atoms with Crippen LogP contribution in [0.25, 0.3) is 6.08 Å². The van der Waals surface area contributed by atoms with Crippen molar-refractivity contribution in [2.45, 2.75) is 26.4 Å². The van der Waals surface area contributed by atoms with E-state index >= 15 is 0 Å². The van der Waals surface area contributed by atoms with Crippen LogP contribution in [-0.4, -0.2) is 26.9 Å². The second kappa shape index (κ2) is 6.70. The van der Waals surface area contributed by atoms with Gasteiger partial charge < -0.3 is 9.73 Å². The molecule has 6 nitrogen and oxygen atoms in total. The number of rotatable bonds is 6. The Hall–Kier alpha value is -2.37. The van der Waals surface area contributed by atoms with Gasteiger partial charge in [-0.1, -0.05) is 13.8 Å². The van der Waals surface area contributed by atoms with Crippen molar-refractivity contribution >= 4 is 12.0 Å². The SMILES string of the molecule is CC(C)[C@H](Cn1nccn1)NC(=O)/C=C/c1ccco1. The minimum Gasteiger partial charge on any atom is -0.465 e. The molecule has 2 rings (SSSR count). The van der Waals surface area contributed by atoms with E-state index in [1.165, 1.54) is 6.08 Å². The second-order valence-corrected chi connectivity index (χ2v) is 4.79. The van der Waals surface area contributed by atoms with E-state index in [-0.39, 0.29) is 17.9 Å². The van der Waals surface area contributed by atoms with Gasteiger partial charge in [0.25, 0.3) is 0 Å². The highest BCUT2D eigenvalue weighted by Crippen LogP contribution is 2.05. The fourth-order valence-electron chi connectivity index (χ4n) is 1.71. The Labute approximate surface area is 117 Å². The summed E-state index contributed by atoms with van der Waals surface area (Å²) < 4.78 is 5.13. The number of nitrogens with zero attached hydrogens (tertiary/aromatic N) is 3. The Morgan fingerprint density at radius 2 is 2.20 bits per heavy atom. The number of carbonyl (C=O) groups excluding carboxylic acids is 1. The van der Waals surface area contributed by atoms with E-state index < -0.39 is 0 Å². The van der Waals surface area contributed by atoms with E-state index in [0.29, 0.717) is 12.3 Å². The van der Waals surface area contributed by atoms with E-state index in [4.69, 9.17) is 4.42 Å². The van der Waals surface area contributed by atoms with Gasteiger partial charge in [-0.15, -0.1) is 0 Å². The average Bonchev–Trinajstić information content (AvgIpc) is 3.08. The number of carbonyl (C=O) groups is 1. The van der Waals surface area contributed by atoms with Gasteiger partial charge in [-0.3, -0.25) is 4.79 Å². The van der Waals surface area contributed by atoms with E-state index in [1.807, 2.05) is 13.8 Å². The molecule has 0 aliphatic heterocycles. The topological polar surface area (TPSA) is 73.0 Å². The summed E-state index contributed by atoms with van der Waals surface area (Å²) in [6, 6.07) is 3.53. The lowest BCUT2D eigenvalue weighted by Gasteiger charge is -2.20. The molecule has 106 valence electrons. The lowest BCUT2D eigenvalue weighted by Crippen LogP contribution is -2.41. The number of hydrogen-bond acceptors (Lipinski definition) is 4. The molecule has 0 aliphatic rings. The second-order valence-electron chi connectivity index (χ2n) is 4.79. The molecule has 2 aromatic rings. The minimum absolute atomic E-state index is 0.0313. The number of amides is 1. The largest absolute Gasteiger partial charge is 0.465 e. The van der Waals surface area contributed by atoms with Crippen molar-refractivity contribution in [1.29, 1.82) is 0 Å². The molecule has 2 aromatic heterocycles. The summed E-state index contributed by atoms with van der Waals surface area (Å²) in [5, 5.41) is 11.1. The molecule has 0 saturated heterocycles. The zero-order chi connectivity index (χ0) is 14.4. The highest BCUT2D eigenvalue weighted by Gasteiger charge is 2.16. The van der Waals surface area contributed by atoms with Gasteiger partial charge in [0.1, 0.15) is 5.76 Å². The van der Waals surface area contributed by atoms with Crippen LogP contribution in [0.1, 0.15) is 19.6 Å². The Morgan fingerprint density at radius 1 is 1.45 bits per heavy atom. The maximum atomic E-state index is 11.9. The van der Waals surface area contributed by atoms with Crippen LogP contribution in [0.5, 0.6) is 0 Å². The van der Waals surface area contributed by atoms with Crippen molar-refractivity contribution in [3.8, 4) is 0 Å². The Bertz CT molecular complexity index is 544. The molecule has 0 saturated carbocycles. The lowest BCUT2D eigenvalue weighted by molar-refractivity contribution is -0.117. The van der Waals surface area contributed by atoms with Crippen LogP contribution in [0.2, 0.25) is 0 Å². The fourth-order valence-corrected chi connectivity index (χ4v) is 1.71. The minimum atomic E-state index is -0.160. The molecule has 20 heavy (non-hydrogen) atoms. The quantitative estimate of drug-likeness (QED) is 0.814. The van der Waals surface area contributed by atoms with Gasteiger partial charge in [0.2, 0.25) is 5.91 Å². The third-order valence-electron chi connectivity index (χ3n) is 2.90. The number of hydrogen-bond donors (Lipinski definition) is 1. The molecular weight excluding hydrogens is 256 g/mol. The molecule has 1 N–H and O–H groups in total. The zero-order valence-electron chi connectivity index (χ0n) is 11.6. The van der Waals surface area contributed by atoms with Crippen LogP contribution < -0.4 is 5.32 Å². The summed E-state index contributed by atoms with van der Waals surface area (Å²) >= 11 is 0. The first-order valence-corrected chi connectivity index (χ1v) is 6.51. The molecule has 2 heterocycles. The predicted octanol–water partition coefficient (Wildman–Crippen LogP) is 1.73. The van der Waals surface area contributed by atoms with E-state index in [2.05, 4.69) is 15.5 Å². The van der Waals surface area contributed by atoms with Crippen molar-refractivity contribution in [3.63, 3.8) is 0 Å². The van der Waals surface area contributed by atoms with Gasteiger partial charge >= 0.3 is 0 Å². The standard InChI is InChI=1S/C14H18N4O2/c1-11(2)13(10-18-15-7-8-16-18)17-14(19)6-5-12-4-3-9-20-12/h3-9,11,13H,10H2,1-2H3,(H,17,19)/b6-5+/t13-/m0/s1. The molecule has 6 heteroatoms. The summed E-state index contributed by atoms with van der Waals surface area (Å²) in [7, 11) is 0. The molecule has 0 aromatic carbocycles. The van der Waals surface area contributed by atoms with Gasteiger partial charge in [0.15, 0.2) is 0 Å². The monoisotopic (exact) mass is 274 g/mol. The Balaban J connectivity index is 1.92. The molecule has 0 bridgehead atoms. The van der Waals surface area contributed by atoms with Crippen LogP contribution >= 0.6 is 0 Å². The molecule has 0 radical (unpaired) electrons. The summed E-state index contributed by atoms with van der Waals surface area (Å²) in [4.78, 5) is 13.5. The van der Waals surface area contributed by atoms with E-state index in [0.717, 1.165) is 0 Å². The van der Waals surface area contributed by atoms with Crippen LogP contribution in [0.4, 0.5) is 0 Å². The Morgan fingerprint density at radius 3 is 2.80 bits per heavy atom. The van der Waals surface area contributed by atoms with E-state index in [9.17, 15) is 4.79 Å². The average molecular weight is 274 g/mol. The maximum absolute atomic E-state index is 11.9. The Kier molecular flexibility index (Phi) is 4.70. The predicted molar refractivity (Wildman–Crippen MR) is 74.5 cm³/mol. The molecular formula is C14H18N4O2. The smallest absolute Gasteiger partial charge is 0.244 e. The van der Waals surface area contributed by atoms with Gasteiger partial charge in [-0.2, -0.15) is 15.0 Å². The third kappa shape index (κ3) is 4.08. The molecule has 0 fully saturated rings. The molecule has 1 atom stereocenters. The zero-order valence-corrected chi connectivity index (χ0v) is 11.6. The van der Waals surface area contributed by atoms with Crippen LogP contribution in [0.3, 0.4) is 0 Å². The number of nitrogens with one attached hydrogen (secondary N) is 1. The highest BCUT2D eigenvalue weighted by molar-refractivity contribution is 5.91. The van der Waals surface area contributed by atoms with Gasteiger partial charge in [-0.05, 0) is 24.1 Å². The van der Waals surface area contributed by atoms with Crippen molar-refractivity contribution in [1.82, 2.24) is 20.3 Å². The normalized spacial score (nSPS) is 12.9. The first kappa shape index (κ1) is 14.0. The number of aromatic nitrogens is 3. The van der Waals surface area contributed by atoms with Gasteiger partial charge in [0.05, 0.1) is 31.2 Å². The summed E-state index contributed by atoms with van der Waals surface area (Å²) in [5.41, 5.74) is 0.